The van der Waals surface area contributed by atoms with Crippen molar-refractivity contribution in [2.24, 2.45) is 17.4 Å². The molecule has 10 N–H and O–H groups in total. The van der Waals surface area contributed by atoms with Gasteiger partial charge >= 0.3 is 11.9 Å². The van der Waals surface area contributed by atoms with Crippen molar-refractivity contribution in [1.82, 2.24) is 25.9 Å². The molecule has 0 aliphatic carbocycles. The van der Waals surface area contributed by atoms with Crippen LogP contribution in [0.15, 0.2) is 12.5 Å². The number of carbonyl (C=O) groups is 5. The van der Waals surface area contributed by atoms with Gasteiger partial charge in [0.05, 0.1) is 12.4 Å². The van der Waals surface area contributed by atoms with Crippen LogP contribution in [0.4, 0.5) is 0 Å². The Morgan fingerprint density at radius 1 is 1.00 bits per heavy atom. The van der Waals surface area contributed by atoms with Crippen molar-refractivity contribution in [3.63, 3.8) is 0 Å². The highest BCUT2D eigenvalue weighted by Crippen LogP contribution is 2.10. The molecule has 14 heteroatoms. The topological polar surface area (TPSA) is 243 Å². The number of aromatic amines is 1. The molecule has 14 nitrogen and oxygen atoms in total. The first-order valence-corrected chi connectivity index (χ1v) is 12.3. The summed E-state index contributed by atoms with van der Waals surface area (Å²) in [6.07, 6.45) is 4.19. The van der Waals surface area contributed by atoms with Gasteiger partial charge in [0.15, 0.2) is 0 Å². The number of rotatable bonds is 18. The maximum absolute atomic E-state index is 13.2. The summed E-state index contributed by atoms with van der Waals surface area (Å²) in [7, 11) is 0. The van der Waals surface area contributed by atoms with Crippen molar-refractivity contribution in [3.8, 4) is 0 Å². The van der Waals surface area contributed by atoms with Crippen molar-refractivity contribution in [3.05, 3.63) is 18.2 Å². The van der Waals surface area contributed by atoms with Crippen molar-refractivity contribution in [2.45, 2.75) is 83.0 Å². The van der Waals surface area contributed by atoms with Gasteiger partial charge in [0.25, 0.3) is 0 Å². The Hall–Kier alpha value is -3.52. The fraction of sp³-hybridized carbons (Fsp3) is 0.652. The standard InChI is InChI=1S/C23H39N7O7/c1-3-13(2)19(23(36)37)30-21(34)16(6-4-5-9-24)28-22(35)17(10-14-11-26-12-27-14)29-20(33)15(25)7-8-18(31)32/h11-13,15-17,19H,3-10,24-25H2,1-2H3,(H,26,27)(H,28,35)(H,29,33)(H,30,34)(H,31,32)(H,36,37). The SMILES string of the molecule is CCC(C)C(NC(=O)C(CCCCN)NC(=O)C(Cc1cnc[nH]1)NC(=O)C(N)CCC(=O)O)C(=O)O. The van der Waals surface area contributed by atoms with Gasteiger partial charge in [0, 0.05) is 24.7 Å². The van der Waals surface area contributed by atoms with Gasteiger partial charge in [0.1, 0.15) is 18.1 Å². The van der Waals surface area contributed by atoms with Crippen molar-refractivity contribution >= 4 is 29.7 Å². The van der Waals surface area contributed by atoms with Crippen LogP contribution in [0.25, 0.3) is 0 Å². The van der Waals surface area contributed by atoms with E-state index < -0.39 is 53.8 Å². The summed E-state index contributed by atoms with van der Waals surface area (Å²) in [6.45, 7) is 3.88. The first-order valence-electron chi connectivity index (χ1n) is 12.3. The molecule has 37 heavy (non-hydrogen) atoms. The molecule has 0 aliphatic rings. The second kappa shape index (κ2) is 16.3. The molecule has 0 saturated heterocycles. The first-order chi connectivity index (χ1) is 17.5. The fourth-order valence-electron chi connectivity index (χ4n) is 3.49. The van der Waals surface area contributed by atoms with Crippen molar-refractivity contribution in [1.29, 1.82) is 0 Å². The number of imidazole rings is 1. The van der Waals surface area contributed by atoms with Gasteiger partial charge in [-0.2, -0.15) is 0 Å². The number of unbranched alkanes of at least 4 members (excludes halogenated alkanes) is 1. The monoisotopic (exact) mass is 525 g/mol. The van der Waals surface area contributed by atoms with Gasteiger partial charge in [-0.05, 0) is 38.1 Å². The van der Waals surface area contributed by atoms with Crippen LogP contribution in [-0.2, 0) is 30.4 Å². The Bertz CT molecular complexity index is 894. The van der Waals surface area contributed by atoms with E-state index >= 15 is 0 Å². The summed E-state index contributed by atoms with van der Waals surface area (Å²) in [6, 6.07) is -4.55. The normalized spacial score (nSPS) is 15.0. The zero-order valence-corrected chi connectivity index (χ0v) is 21.2. The molecule has 0 aromatic carbocycles. The van der Waals surface area contributed by atoms with Gasteiger partial charge in [0.2, 0.25) is 17.7 Å². The highest BCUT2D eigenvalue weighted by molar-refractivity contribution is 5.94. The van der Waals surface area contributed by atoms with E-state index in [0.717, 1.165) is 0 Å². The zero-order chi connectivity index (χ0) is 28.0. The van der Waals surface area contributed by atoms with Gasteiger partial charge in [-0.3, -0.25) is 19.2 Å². The predicted octanol–water partition coefficient (Wildman–Crippen LogP) is -1.14. The number of carbonyl (C=O) groups excluding carboxylic acids is 3. The van der Waals surface area contributed by atoms with Crippen LogP contribution < -0.4 is 27.4 Å². The van der Waals surface area contributed by atoms with Gasteiger partial charge in [-0.1, -0.05) is 20.3 Å². The Balaban J connectivity index is 3.06. The molecule has 1 aromatic heterocycles. The number of hydrogen-bond acceptors (Lipinski definition) is 8. The van der Waals surface area contributed by atoms with Gasteiger partial charge < -0.3 is 42.6 Å². The minimum atomic E-state index is -1.19. The number of amides is 3. The molecule has 3 amide bonds. The van der Waals surface area contributed by atoms with Crippen molar-refractivity contribution in [2.75, 3.05) is 6.54 Å². The Morgan fingerprint density at radius 2 is 1.65 bits per heavy atom. The molecule has 1 heterocycles. The van der Waals surface area contributed by atoms with Crippen LogP contribution in [0.5, 0.6) is 0 Å². The molecule has 5 atom stereocenters. The fourth-order valence-corrected chi connectivity index (χ4v) is 3.49. The van der Waals surface area contributed by atoms with Gasteiger partial charge in [-0.25, -0.2) is 9.78 Å². The van der Waals surface area contributed by atoms with Crippen LogP contribution in [0.3, 0.4) is 0 Å². The quantitative estimate of drug-likeness (QED) is 0.107. The molecule has 0 bridgehead atoms. The lowest BCUT2D eigenvalue weighted by Gasteiger charge is -2.26. The molecule has 0 aliphatic heterocycles. The number of carboxylic acids is 2. The minimum absolute atomic E-state index is 0.00895. The van der Waals surface area contributed by atoms with E-state index in [1.165, 1.54) is 12.5 Å². The number of nitrogens with two attached hydrogens (primary N) is 2. The van der Waals surface area contributed by atoms with E-state index in [0.29, 0.717) is 31.5 Å². The molecule has 0 spiro atoms. The Labute approximate surface area is 215 Å². The van der Waals surface area contributed by atoms with E-state index in [1.807, 2.05) is 0 Å². The maximum Gasteiger partial charge on any atom is 0.326 e. The Morgan fingerprint density at radius 3 is 2.19 bits per heavy atom. The second-order valence-corrected chi connectivity index (χ2v) is 8.94. The van der Waals surface area contributed by atoms with Crippen LogP contribution in [0, 0.1) is 5.92 Å². The molecule has 208 valence electrons. The highest BCUT2D eigenvalue weighted by atomic mass is 16.4. The lowest BCUT2D eigenvalue weighted by molar-refractivity contribution is -0.144. The Kier molecular flexibility index (Phi) is 13.9. The number of aromatic nitrogens is 2. The number of hydrogen-bond donors (Lipinski definition) is 8. The maximum atomic E-state index is 13.2. The van der Waals surface area contributed by atoms with E-state index in [2.05, 4.69) is 25.9 Å². The molecular weight excluding hydrogens is 486 g/mol. The summed E-state index contributed by atoms with van der Waals surface area (Å²) in [5.41, 5.74) is 11.9. The molecule has 5 unspecified atom stereocenters. The third kappa shape index (κ3) is 11.4. The van der Waals surface area contributed by atoms with E-state index in [9.17, 15) is 29.1 Å². The average molecular weight is 526 g/mol. The lowest BCUT2D eigenvalue weighted by Crippen LogP contribution is -2.58. The molecule has 1 rings (SSSR count). The van der Waals surface area contributed by atoms with Crippen molar-refractivity contribution < 1.29 is 34.2 Å². The summed E-state index contributed by atoms with van der Waals surface area (Å²) in [5.74, 6) is -4.73. The number of H-pyrrole nitrogens is 1. The second-order valence-electron chi connectivity index (χ2n) is 8.94. The molecule has 0 radical (unpaired) electrons. The van der Waals surface area contributed by atoms with Crippen LogP contribution in [0.1, 0.15) is 58.1 Å². The smallest absolute Gasteiger partial charge is 0.326 e. The third-order valence-corrected chi connectivity index (χ3v) is 5.97. The largest absolute Gasteiger partial charge is 0.481 e. The molecular formula is C23H39N7O7. The summed E-state index contributed by atoms with van der Waals surface area (Å²) in [4.78, 5) is 68.0. The molecule has 1 aromatic rings. The lowest BCUT2D eigenvalue weighted by atomic mass is 9.98. The average Bonchev–Trinajstić information content (AvgIpc) is 3.37. The highest BCUT2D eigenvalue weighted by Gasteiger charge is 2.32. The van der Waals surface area contributed by atoms with E-state index in [-0.39, 0.29) is 31.6 Å². The number of carboxylic acid groups (broad SMARTS) is 2. The van der Waals surface area contributed by atoms with Crippen LogP contribution in [0.2, 0.25) is 0 Å². The summed E-state index contributed by atoms with van der Waals surface area (Å²) < 4.78 is 0. The molecule has 0 fully saturated rings. The van der Waals surface area contributed by atoms with E-state index in [4.69, 9.17) is 16.6 Å². The van der Waals surface area contributed by atoms with Crippen LogP contribution >= 0.6 is 0 Å². The molecule has 0 saturated carbocycles. The number of aliphatic carboxylic acids is 2. The summed E-state index contributed by atoms with van der Waals surface area (Å²) >= 11 is 0. The zero-order valence-electron chi connectivity index (χ0n) is 21.2. The predicted molar refractivity (Wildman–Crippen MR) is 133 cm³/mol. The number of nitrogens with one attached hydrogen (secondary N) is 4. The number of nitrogens with zero attached hydrogens (tertiary/aromatic N) is 1. The first kappa shape index (κ1) is 31.5. The summed E-state index contributed by atoms with van der Waals surface area (Å²) in [5, 5.41) is 26.0. The van der Waals surface area contributed by atoms with Crippen LogP contribution in [-0.4, -0.2) is 80.6 Å². The van der Waals surface area contributed by atoms with E-state index in [1.54, 1.807) is 13.8 Å². The minimum Gasteiger partial charge on any atom is -0.481 e. The third-order valence-electron chi connectivity index (χ3n) is 5.97. The van der Waals surface area contributed by atoms with Gasteiger partial charge in [-0.15, -0.1) is 0 Å².